The fourth-order valence-electron chi connectivity index (χ4n) is 2.39. The number of nitrogens with zero attached hydrogens (tertiary/aromatic N) is 1. The van der Waals surface area contributed by atoms with Crippen LogP contribution >= 0.6 is 0 Å². The molecule has 1 fully saturated rings. The van der Waals surface area contributed by atoms with Crippen LogP contribution in [0, 0.1) is 11.6 Å². The van der Waals surface area contributed by atoms with Crippen molar-refractivity contribution in [3.63, 3.8) is 0 Å². The van der Waals surface area contributed by atoms with Gasteiger partial charge < -0.3 is 0 Å². The van der Waals surface area contributed by atoms with E-state index in [9.17, 15) is 23.2 Å². The number of aldehydes is 2. The summed E-state index contributed by atoms with van der Waals surface area (Å²) < 4.78 is 28.0. The number of halogens is 2. The van der Waals surface area contributed by atoms with Crippen LogP contribution in [0.2, 0.25) is 0 Å². The highest BCUT2D eigenvalue weighted by atomic mass is 19.2. The standard InChI is InChI=1S/C14H9F2NO3/c15-11-4-17-13(10(6-19)12(11)16)9(7-1-2-7)3-8(5-18)14(17)20/h3-7H,1-2H2. The van der Waals surface area contributed by atoms with Crippen molar-refractivity contribution in [2.24, 2.45) is 0 Å². The fourth-order valence-corrected chi connectivity index (χ4v) is 2.39. The molecule has 0 aliphatic heterocycles. The first-order valence-electron chi connectivity index (χ1n) is 6.06. The van der Waals surface area contributed by atoms with Crippen molar-refractivity contribution in [1.82, 2.24) is 4.40 Å². The first-order chi connectivity index (χ1) is 9.58. The van der Waals surface area contributed by atoms with Crippen molar-refractivity contribution in [2.75, 3.05) is 0 Å². The zero-order valence-corrected chi connectivity index (χ0v) is 10.2. The Morgan fingerprint density at radius 3 is 2.45 bits per heavy atom. The topological polar surface area (TPSA) is 55.6 Å². The van der Waals surface area contributed by atoms with Gasteiger partial charge in [0.15, 0.2) is 24.2 Å². The minimum Gasteiger partial charge on any atom is -0.298 e. The molecule has 1 aliphatic rings. The summed E-state index contributed by atoms with van der Waals surface area (Å²) in [6.07, 6.45) is 2.90. The van der Waals surface area contributed by atoms with E-state index in [-0.39, 0.29) is 23.3 Å². The van der Waals surface area contributed by atoms with E-state index in [4.69, 9.17) is 0 Å². The van der Waals surface area contributed by atoms with Crippen molar-refractivity contribution in [2.45, 2.75) is 18.8 Å². The van der Waals surface area contributed by atoms with Crippen LogP contribution in [-0.2, 0) is 0 Å². The molecule has 0 saturated heterocycles. The number of pyridine rings is 2. The Labute approximate surface area is 111 Å². The molecule has 6 heteroatoms. The lowest BCUT2D eigenvalue weighted by atomic mass is 10.0. The quantitative estimate of drug-likeness (QED) is 0.807. The van der Waals surface area contributed by atoms with Crippen LogP contribution in [-0.4, -0.2) is 17.0 Å². The third-order valence-electron chi connectivity index (χ3n) is 3.50. The molecule has 2 heterocycles. The molecule has 20 heavy (non-hydrogen) atoms. The second-order valence-electron chi connectivity index (χ2n) is 4.79. The van der Waals surface area contributed by atoms with Gasteiger partial charge in [0, 0.05) is 0 Å². The average molecular weight is 277 g/mol. The van der Waals surface area contributed by atoms with E-state index in [2.05, 4.69) is 0 Å². The molecule has 1 aliphatic carbocycles. The van der Waals surface area contributed by atoms with Gasteiger partial charge in [-0.1, -0.05) is 0 Å². The van der Waals surface area contributed by atoms with Gasteiger partial charge in [0.05, 0.1) is 22.8 Å². The summed E-state index contributed by atoms with van der Waals surface area (Å²) >= 11 is 0. The number of carbonyl (C=O) groups excluding carboxylic acids is 2. The third kappa shape index (κ3) is 1.68. The second-order valence-corrected chi connectivity index (χ2v) is 4.79. The largest absolute Gasteiger partial charge is 0.298 e. The number of fused-ring (bicyclic) bond motifs is 1. The van der Waals surface area contributed by atoms with Crippen molar-refractivity contribution in [3.05, 3.63) is 50.9 Å². The lowest BCUT2D eigenvalue weighted by Gasteiger charge is -2.11. The normalized spacial score (nSPS) is 14.5. The Hall–Kier alpha value is -2.37. The number of rotatable bonds is 3. The SMILES string of the molecule is O=Cc1cc(C2CC2)c2c(C=O)c(F)c(F)cn2c1=O. The average Bonchev–Trinajstić information content (AvgIpc) is 3.26. The summed E-state index contributed by atoms with van der Waals surface area (Å²) in [5, 5.41) is 0. The van der Waals surface area contributed by atoms with Gasteiger partial charge in [0.25, 0.3) is 5.56 Å². The highest BCUT2D eigenvalue weighted by Gasteiger charge is 2.29. The highest BCUT2D eigenvalue weighted by molar-refractivity contribution is 5.89. The van der Waals surface area contributed by atoms with Crippen LogP contribution in [0.5, 0.6) is 0 Å². The number of carbonyl (C=O) groups is 2. The molecule has 0 N–H and O–H groups in total. The summed E-state index contributed by atoms with van der Waals surface area (Å²) in [7, 11) is 0. The Morgan fingerprint density at radius 2 is 1.90 bits per heavy atom. The molecule has 2 aromatic heterocycles. The van der Waals surface area contributed by atoms with Gasteiger partial charge in [0.1, 0.15) is 0 Å². The predicted molar refractivity (Wildman–Crippen MR) is 66.3 cm³/mol. The fraction of sp³-hybridized carbons (Fsp3) is 0.214. The van der Waals surface area contributed by atoms with Gasteiger partial charge in [-0.2, -0.15) is 0 Å². The van der Waals surface area contributed by atoms with Crippen LogP contribution in [0.15, 0.2) is 17.1 Å². The first kappa shape index (κ1) is 12.7. The lowest BCUT2D eigenvalue weighted by Crippen LogP contribution is -2.21. The van der Waals surface area contributed by atoms with Gasteiger partial charge in [-0.05, 0) is 30.4 Å². The molecule has 1 saturated carbocycles. The maximum Gasteiger partial charge on any atom is 0.265 e. The maximum absolute atomic E-state index is 13.7. The summed E-state index contributed by atoms with van der Waals surface area (Å²) in [5.41, 5.74) is -0.792. The van der Waals surface area contributed by atoms with Crippen LogP contribution < -0.4 is 5.56 Å². The lowest BCUT2D eigenvalue weighted by molar-refractivity contribution is 0.111. The molecule has 0 radical (unpaired) electrons. The molecule has 0 aromatic carbocycles. The molecule has 0 amide bonds. The molecule has 0 spiro atoms. The summed E-state index contributed by atoms with van der Waals surface area (Å²) in [6, 6.07) is 1.37. The van der Waals surface area contributed by atoms with Crippen LogP contribution in [0.25, 0.3) is 5.52 Å². The van der Waals surface area contributed by atoms with Gasteiger partial charge in [-0.25, -0.2) is 8.78 Å². The van der Waals surface area contributed by atoms with Crippen LogP contribution in [0.1, 0.15) is 45.0 Å². The van der Waals surface area contributed by atoms with Crippen molar-refractivity contribution in [1.29, 1.82) is 0 Å². The van der Waals surface area contributed by atoms with Crippen molar-refractivity contribution >= 4 is 18.1 Å². The molecule has 102 valence electrons. The van der Waals surface area contributed by atoms with Crippen LogP contribution in [0.3, 0.4) is 0 Å². The molecular formula is C14H9F2NO3. The Balaban J connectivity index is 2.56. The first-order valence-corrected chi connectivity index (χ1v) is 6.06. The smallest absolute Gasteiger partial charge is 0.265 e. The number of hydrogen-bond acceptors (Lipinski definition) is 3. The molecule has 0 bridgehead atoms. The van der Waals surface area contributed by atoms with Crippen LogP contribution in [0.4, 0.5) is 8.78 Å². The van der Waals surface area contributed by atoms with Gasteiger partial charge in [-0.3, -0.25) is 18.8 Å². The molecule has 3 rings (SSSR count). The number of hydrogen-bond donors (Lipinski definition) is 0. The third-order valence-corrected chi connectivity index (χ3v) is 3.50. The van der Waals surface area contributed by atoms with E-state index in [0.29, 0.717) is 18.0 Å². The monoisotopic (exact) mass is 277 g/mol. The number of aromatic nitrogens is 1. The zero-order valence-electron chi connectivity index (χ0n) is 10.2. The second kappa shape index (κ2) is 4.33. The predicted octanol–water partition coefficient (Wildman–Crippen LogP) is 2.08. The van der Waals surface area contributed by atoms with E-state index in [1.165, 1.54) is 6.07 Å². The van der Waals surface area contributed by atoms with Gasteiger partial charge >= 0.3 is 0 Å². The minimum absolute atomic E-state index is 0.0528. The molecule has 2 aromatic rings. The highest BCUT2D eigenvalue weighted by Crippen LogP contribution is 2.42. The molecular weight excluding hydrogens is 268 g/mol. The molecule has 0 unspecified atom stereocenters. The van der Waals surface area contributed by atoms with Crippen molar-refractivity contribution < 1.29 is 18.4 Å². The van der Waals surface area contributed by atoms with E-state index >= 15 is 0 Å². The maximum atomic E-state index is 13.7. The Bertz CT molecular complexity index is 806. The zero-order chi connectivity index (χ0) is 14.4. The Kier molecular flexibility index (Phi) is 2.74. The minimum atomic E-state index is -1.30. The summed E-state index contributed by atoms with van der Waals surface area (Å²) in [6.45, 7) is 0. The summed E-state index contributed by atoms with van der Waals surface area (Å²) in [4.78, 5) is 34.0. The summed E-state index contributed by atoms with van der Waals surface area (Å²) in [5.74, 6) is -2.51. The van der Waals surface area contributed by atoms with E-state index in [1.54, 1.807) is 0 Å². The van der Waals surface area contributed by atoms with E-state index in [0.717, 1.165) is 17.2 Å². The van der Waals surface area contributed by atoms with E-state index < -0.39 is 22.8 Å². The van der Waals surface area contributed by atoms with E-state index in [1.807, 2.05) is 0 Å². The molecule has 0 atom stereocenters. The Morgan fingerprint density at radius 1 is 1.20 bits per heavy atom. The van der Waals surface area contributed by atoms with Crippen molar-refractivity contribution in [3.8, 4) is 0 Å². The molecule has 4 nitrogen and oxygen atoms in total. The van der Waals surface area contributed by atoms with Gasteiger partial charge in [0.2, 0.25) is 0 Å². The van der Waals surface area contributed by atoms with Gasteiger partial charge in [-0.15, -0.1) is 0 Å².